The first kappa shape index (κ1) is 54.8. The average molecular weight is 867 g/mol. The van der Waals surface area contributed by atoms with E-state index in [0.717, 1.165) is 55.4 Å². The van der Waals surface area contributed by atoms with Gasteiger partial charge >= 0.3 is 94.3 Å². The number of nitrogens with zero attached hydrogens (tertiary/aromatic N) is 17. The van der Waals surface area contributed by atoms with Crippen molar-refractivity contribution >= 4 is 60.6 Å². The van der Waals surface area contributed by atoms with E-state index in [9.17, 15) is 36.3 Å². The molecule has 26 nitrogen and oxygen atoms in total. The van der Waals surface area contributed by atoms with Gasteiger partial charge in [0.15, 0.2) is 34.6 Å². The van der Waals surface area contributed by atoms with E-state index in [1.807, 2.05) is 6.07 Å². The number of anilines is 2. The van der Waals surface area contributed by atoms with Crippen molar-refractivity contribution in [3.05, 3.63) is 89.3 Å². The van der Waals surface area contributed by atoms with Gasteiger partial charge in [-0.2, -0.15) is 76.4 Å². The minimum atomic E-state index is -4.85. The number of rotatable bonds is 10. The number of nitriles is 1. The molecule has 0 radical (unpaired) electrons. The molecule has 33 heteroatoms. The van der Waals surface area contributed by atoms with Crippen molar-refractivity contribution in [1.29, 1.82) is 5.26 Å². The van der Waals surface area contributed by atoms with Gasteiger partial charge in [-0.05, 0) is 25.2 Å². The van der Waals surface area contributed by atoms with E-state index in [-0.39, 0.29) is 163 Å². The summed E-state index contributed by atoms with van der Waals surface area (Å²) in [7, 11) is -9.70. The van der Waals surface area contributed by atoms with Crippen molar-refractivity contribution < 1.29 is 125 Å². The molecule has 2 aromatic carbocycles. The van der Waals surface area contributed by atoms with Crippen molar-refractivity contribution in [3.8, 4) is 35.4 Å². The Labute approximate surface area is 421 Å². The number of nitrogen functional groups attached to an aromatic ring is 2. The molecule has 0 saturated carbocycles. The van der Waals surface area contributed by atoms with Gasteiger partial charge in [0.25, 0.3) is 17.6 Å². The van der Waals surface area contributed by atoms with E-state index in [1.54, 1.807) is 0 Å². The summed E-state index contributed by atoms with van der Waals surface area (Å²) in [5, 5.41) is 55.5. The topological polar surface area (TPSA) is 377 Å². The van der Waals surface area contributed by atoms with Crippen molar-refractivity contribution in [2.24, 2.45) is 20.5 Å². The predicted octanol–water partition coefficient (Wildman–Crippen LogP) is -12.8. The quantitative estimate of drug-likeness (QED) is 0.0558. The Bertz CT molecular complexity index is 3040. The van der Waals surface area contributed by atoms with Crippen LogP contribution in [0, 0.1) is 43.9 Å². The summed E-state index contributed by atoms with van der Waals surface area (Å²) in [4.78, 5) is 14.0. The molecule has 4 N–H and O–H groups in total. The number of hydrogen-bond acceptors (Lipinski definition) is 21. The first-order chi connectivity index (χ1) is 28.0. The summed E-state index contributed by atoms with van der Waals surface area (Å²) >= 11 is 0. The standard InChI is InChI=1S/C31H21N19O7S2.5Li/c1-15-23(41-43-27-17(12-32)13-36-47(27)18-6-4-8-20(10-18)58(52,53)54)25(33)49(45-15)29-38-30(40-31(51)39-29)50-26(34)24(16(2)46-50)42-44-28-22(35-3)14-37-48(28)19-7-5-9-21(11-19)59(55,56)57;;;;;/h6-11,13-14H,33-34H2,1-2H3,(H,52,53,54)(H,55,56,57)(H,38,39,40,51);;;;;/q-2;5*+1/p-3. The smallest absolute Gasteiger partial charge is 0.844 e. The van der Waals surface area contributed by atoms with Crippen LogP contribution in [0.4, 0.5) is 40.3 Å². The Morgan fingerprint density at radius 1 is 0.703 bits per heavy atom. The van der Waals surface area contributed by atoms with Gasteiger partial charge in [-0.25, -0.2) is 14.8 Å². The average Bonchev–Trinajstić information content (AvgIpc) is 3.95. The van der Waals surface area contributed by atoms with Gasteiger partial charge < -0.3 is 25.7 Å². The van der Waals surface area contributed by atoms with E-state index in [1.165, 1.54) is 26.0 Å². The second-order valence-electron chi connectivity index (χ2n) is 11.6. The van der Waals surface area contributed by atoms with Crippen LogP contribution in [0.1, 0.15) is 17.0 Å². The summed E-state index contributed by atoms with van der Waals surface area (Å²) < 4.78 is 73.5. The predicted molar refractivity (Wildman–Crippen MR) is 192 cm³/mol. The van der Waals surface area contributed by atoms with Crippen LogP contribution in [0.25, 0.3) is 28.1 Å². The van der Waals surface area contributed by atoms with Gasteiger partial charge in [0.1, 0.15) is 11.6 Å². The number of aryl methyl sites for hydroxylation is 2. The SMILES string of the molecule is [C-]#[N+]c1cnn(-c2c[c-]cc(S(=O)(=O)[O-])c2)c1N=Nc1c(C)nn(-c2nc([O-])nc(-n3nc(C)c(N=Nc4c(C#N)cnn4-c4c[c-]cc(S(=O)(=O)[O-])c4)c3N)n2)c1N.[Li+].[Li+].[Li+].[Li+].[Li+]. The summed E-state index contributed by atoms with van der Waals surface area (Å²) in [5.41, 5.74) is 12.8. The largest absolute Gasteiger partial charge is 1.00 e. The number of azo groups is 2. The van der Waals surface area contributed by atoms with Gasteiger partial charge in [-0.1, -0.05) is 9.79 Å². The molecule has 0 saturated heterocycles. The van der Waals surface area contributed by atoms with Gasteiger partial charge in [-0.3, -0.25) is 26.2 Å². The molecule has 0 aliphatic carbocycles. The zero-order valence-electron chi connectivity index (χ0n) is 34.6. The molecule has 0 amide bonds. The molecule has 296 valence electrons. The van der Waals surface area contributed by atoms with Crippen molar-refractivity contribution in [3.63, 3.8) is 0 Å². The molecular formula is C31H18Li5N19O7S2. The summed E-state index contributed by atoms with van der Waals surface area (Å²) in [6.45, 7) is 10.5. The first-order valence-electron chi connectivity index (χ1n) is 15.8. The normalized spacial score (nSPS) is 11.1. The van der Waals surface area contributed by atoms with Crippen LogP contribution in [0.15, 0.2) is 79.0 Å². The Morgan fingerprint density at radius 2 is 1.14 bits per heavy atom. The molecule has 5 heterocycles. The molecule has 0 aliphatic heterocycles. The van der Waals surface area contributed by atoms with E-state index in [4.69, 9.17) is 18.0 Å². The Kier molecular flexibility index (Phi) is 18.5. The maximum absolute atomic E-state index is 12.8. The van der Waals surface area contributed by atoms with Crippen LogP contribution < -0.4 is 111 Å². The van der Waals surface area contributed by atoms with Crippen LogP contribution in [0.5, 0.6) is 6.01 Å². The Hall–Kier alpha value is -5.32. The van der Waals surface area contributed by atoms with E-state index in [0.29, 0.717) is 0 Å². The molecule has 0 aliphatic rings. The van der Waals surface area contributed by atoms with Crippen LogP contribution in [0.2, 0.25) is 0 Å². The Morgan fingerprint density at radius 3 is 1.58 bits per heavy atom. The molecule has 0 spiro atoms. The molecular weight excluding hydrogens is 849 g/mol. The zero-order chi connectivity index (χ0) is 42.4. The van der Waals surface area contributed by atoms with Gasteiger partial charge in [-0.15, -0.1) is 32.6 Å². The summed E-state index contributed by atoms with van der Waals surface area (Å²) in [6, 6.07) is 12.5. The first-order valence-corrected chi connectivity index (χ1v) is 18.7. The van der Waals surface area contributed by atoms with Gasteiger partial charge in [0.2, 0.25) is 0 Å². The second kappa shape index (κ2) is 21.6. The molecule has 64 heavy (non-hydrogen) atoms. The fourth-order valence-electron chi connectivity index (χ4n) is 5.16. The van der Waals surface area contributed by atoms with Crippen LogP contribution in [-0.4, -0.2) is 80.0 Å². The maximum atomic E-state index is 12.8. The molecule has 0 atom stereocenters. The van der Waals surface area contributed by atoms with E-state index >= 15 is 0 Å². The van der Waals surface area contributed by atoms with E-state index < -0.39 is 47.9 Å². The van der Waals surface area contributed by atoms with E-state index in [2.05, 4.69) is 72.8 Å². The molecule has 0 bridgehead atoms. The van der Waals surface area contributed by atoms with Gasteiger partial charge in [0.05, 0.1) is 56.6 Å². The van der Waals surface area contributed by atoms with Crippen molar-refractivity contribution in [1.82, 2.24) is 54.1 Å². The van der Waals surface area contributed by atoms with Crippen molar-refractivity contribution in [2.75, 3.05) is 11.5 Å². The monoisotopic (exact) mass is 867 g/mol. The maximum Gasteiger partial charge on any atom is 1.00 e. The number of aromatic nitrogens is 11. The van der Waals surface area contributed by atoms with Crippen LogP contribution >= 0.6 is 0 Å². The van der Waals surface area contributed by atoms with Crippen LogP contribution in [0.3, 0.4) is 0 Å². The fraction of sp³-hybridized carbons (Fsp3) is 0.0645. The molecule has 5 aromatic heterocycles. The second-order valence-corrected chi connectivity index (χ2v) is 14.4. The van der Waals surface area contributed by atoms with Gasteiger partial charge in [0, 0.05) is 0 Å². The summed E-state index contributed by atoms with van der Waals surface area (Å²) in [6.07, 6.45) is 2.28. The Balaban J connectivity index is 0.00000282. The third kappa shape index (κ3) is 10.9. The molecule has 0 fully saturated rings. The third-order valence-corrected chi connectivity index (χ3v) is 9.48. The van der Waals surface area contributed by atoms with Crippen LogP contribution in [-0.2, 0) is 20.2 Å². The third-order valence-electron chi connectivity index (χ3n) is 7.86. The van der Waals surface area contributed by atoms with Crippen molar-refractivity contribution in [2.45, 2.75) is 23.6 Å². The number of benzene rings is 2. The minimum absolute atomic E-state index is 0. The number of hydrogen-bond donors (Lipinski definition) is 2. The number of nitrogens with two attached hydrogens (primary N) is 2. The summed E-state index contributed by atoms with van der Waals surface area (Å²) in [5.74, 6) is -1.62. The minimum Gasteiger partial charge on any atom is -0.844 e. The molecule has 7 rings (SSSR count). The zero-order valence-corrected chi connectivity index (χ0v) is 36.2. The fourth-order valence-corrected chi connectivity index (χ4v) is 6.11. The molecule has 0 unspecified atom stereocenters. The molecule has 7 aromatic rings.